The minimum Gasteiger partial charge on any atom is -0.364 e. The minimum absolute atomic E-state index is 0.328. The fourth-order valence-electron chi connectivity index (χ4n) is 2.43. The monoisotopic (exact) mass is 243 g/mol. The summed E-state index contributed by atoms with van der Waals surface area (Å²) < 4.78 is 5.87. The molecule has 0 saturated heterocycles. The van der Waals surface area contributed by atoms with Gasteiger partial charge in [0.25, 0.3) is 0 Å². The van der Waals surface area contributed by atoms with Crippen LogP contribution in [0.5, 0.6) is 0 Å². The van der Waals surface area contributed by atoms with Crippen molar-refractivity contribution in [1.82, 2.24) is 5.32 Å². The van der Waals surface area contributed by atoms with Crippen LogP contribution in [0.2, 0.25) is 0 Å². The van der Waals surface area contributed by atoms with Crippen LogP contribution in [-0.2, 0) is 4.74 Å². The largest absolute Gasteiger partial charge is 0.364 e. The highest BCUT2D eigenvalue weighted by atomic mass is 16.5. The first-order valence-corrected chi connectivity index (χ1v) is 6.73. The summed E-state index contributed by atoms with van der Waals surface area (Å²) in [6.45, 7) is 0.526. The average Bonchev–Trinajstić information content (AvgIpc) is 2.45. The topological polar surface area (TPSA) is 21.3 Å². The summed E-state index contributed by atoms with van der Waals surface area (Å²) in [5.41, 5.74) is 1.05. The second-order valence-electron chi connectivity index (χ2n) is 4.70. The molecule has 0 heterocycles. The Morgan fingerprint density at radius 2 is 2.00 bits per heavy atom. The van der Waals surface area contributed by atoms with Crippen LogP contribution in [0, 0.1) is 11.8 Å². The first-order valence-electron chi connectivity index (χ1n) is 6.73. The Bertz CT molecular complexity index is 404. The molecule has 2 unspecified atom stereocenters. The van der Waals surface area contributed by atoms with Gasteiger partial charge in [-0.2, -0.15) is 0 Å². The molecule has 0 amide bonds. The average molecular weight is 243 g/mol. The lowest BCUT2D eigenvalue weighted by Gasteiger charge is -2.30. The second kappa shape index (κ2) is 7.20. The van der Waals surface area contributed by atoms with Gasteiger partial charge < -0.3 is 10.1 Å². The summed E-state index contributed by atoms with van der Waals surface area (Å²) in [6, 6.07) is 10.5. The van der Waals surface area contributed by atoms with E-state index in [2.05, 4.69) is 17.2 Å². The number of nitrogens with one attached hydrogen (secondary N) is 1. The molecule has 18 heavy (non-hydrogen) atoms. The maximum absolute atomic E-state index is 5.87. The van der Waals surface area contributed by atoms with E-state index in [9.17, 15) is 0 Å². The molecule has 0 spiro atoms. The van der Waals surface area contributed by atoms with Crippen molar-refractivity contribution in [2.24, 2.45) is 0 Å². The summed E-state index contributed by atoms with van der Waals surface area (Å²) in [5.74, 6) is 6.22. The summed E-state index contributed by atoms with van der Waals surface area (Å²) in [7, 11) is 2.02. The molecular formula is C16H21NO. The molecule has 0 aliphatic heterocycles. The molecule has 1 aromatic carbocycles. The molecule has 2 heteroatoms. The van der Waals surface area contributed by atoms with E-state index >= 15 is 0 Å². The molecule has 1 aliphatic carbocycles. The summed E-state index contributed by atoms with van der Waals surface area (Å²) in [5, 5.41) is 3.34. The van der Waals surface area contributed by atoms with Crippen molar-refractivity contribution in [3.05, 3.63) is 35.9 Å². The molecule has 2 nitrogen and oxygen atoms in total. The SMILES string of the molecule is CNC1CCCCC1OCC#Cc1ccccc1. The van der Waals surface area contributed by atoms with Gasteiger partial charge in [-0.3, -0.25) is 0 Å². The summed E-state index contributed by atoms with van der Waals surface area (Å²) >= 11 is 0. The van der Waals surface area contributed by atoms with Gasteiger partial charge in [-0.05, 0) is 32.0 Å². The molecule has 96 valence electrons. The van der Waals surface area contributed by atoms with Crippen molar-refractivity contribution in [2.75, 3.05) is 13.7 Å². The Balaban J connectivity index is 1.79. The van der Waals surface area contributed by atoms with Gasteiger partial charge in [0.1, 0.15) is 6.61 Å². The predicted octanol–water partition coefficient (Wildman–Crippen LogP) is 2.59. The molecule has 1 saturated carbocycles. The highest BCUT2D eigenvalue weighted by Crippen LogP contribution is 2.20. The number of rotatable bonds is 3. The summed E-state index contributed by atoms with van der Waals surface area (Å²) in [6.07, 6.45) is 5.27. The maximum atomic E-state index is 5.87. The number of likely N-dealkylation sites (N-methyl/N-ethyl adjacent to an activating group) is 1. The summed E-state index contributed by atoms with van der Waals surface area (Å²) in [4.78, 5) is 0. The zero-order valence-corrected chi connectivity index (χ0v) is 11.0. The number of benzene rings is 1. The Hall–Kier alpha value is -1.30. The van der Waals surface area contributed by atoms with Crippen LogP contribution < -0.4 is 5.32 Å². The Kier molecular flexibility index (Phi) is 5.26. The smallest absolute Gasteiger partial charge is 0.108 e. The van der Waals surface area contributed by atoms with Crippen molar-refractivity contribution in [3.63, 3.8) is 0 Å². The number of ether oxygens (including phenoxy) is 1. The molecule has 1 fully saturated rings. The standard InChI is InChI=1S/C16H21NO/c1-17-15-11-5-6-12-16(15)18-13-7-10-14-8-3-2-4-9-14/h2-4,8-9,15-17H,5-6,11-13H2,1H3. The highest BCUT2D eigenvalue weighted by Gasteiger charge is 2.23. The minimum atomic E-state index is 0.328. The fraction of sp³-hybridized carbons (Fsp3) is 0.500. The van der Waals surface area contributed by atoms with E-state index in [4.69, 9.17) is 4.74 Å². The van der Waals surface area contributed by atoms with Gasteiger partial charge in [0, 0.05) is 11.6 Å². The zero-order valence-electron chi connectivity index (χ0n) is 11.0. The Morgan fingerprint density at radius 1 is 1.22 bits per heavy atom. The first-order chi connectivity index (χ1) is 8.90. The molecule has 2 rings (SSSR count). The third kappa shape index (κ3) is 3.87. The van der Waals surface area contributed by atoms with E-state index in [1.54, 1.807) is 0 Å². The molecule has 0 radical (unpaired) electrons. The van der Waals surface area contributed by atoms with E-state index in [1.807, 2.05) is 37.4 Å². The van der Waals surface area contributed by atoms with Gasteiger partial charge in [-0.15, -0.1) is 0 Å². The van der Waals surface area contributed by atoms with Crippen LogP contribution in [0.1, 0.15) is 31.2 Å². The Labute approximate surface area is 110 Å². The van der Waals surface area contributed by atoms with Crippen molar-refractivity contribution in [3.8, 4) is 11.8 Å². The predicted molar refractivity (Wildman–Crippen MR) is 74.4 cm³/mol. The highest BCUT2D eigenvalue weighted by molar-refractivity contribution is 5.33. The second-order valence-corrected chi connectivity index (χ2v) is 4.70. The van der Waals surface area contributed by atoms with Crippen molar-refractivity contribution < 1.29 is 4.74 Å². The lowest BCUT2D eigenvalue weighted by atomic mass is 9.92. The van der Waals surface area contributed by atoms with E-state index in [-0.39, 0.29) is 0 Å². The van der Waals surface area contributed by atoms with Crippen LogP contribution in [-0.4, -0.2) is 25.8 Å². The molecule has 1 aliphatic rings. The van der Waals surface area contributed by atoms with Crippen molar-refractivity contribution >= 4 is 0 Å². The molecule has 0 bridgehead atoms. The third-order valence-electron chi connectivity index (χ3n) is 3.45. The molecule has 1 aromatic rings. The van der Waals surface area contributed by atoms with E-state index in [0.29, 0.717) is 18.8 Å². The normalized spacial score (nSPS) is 23.2. The van der Waals surface area contributed by atoms with Crippen LogP contribution in [0.3, 0.4) is 0 Å². The van der Waals surface area contributed by atoms with Gasteiger partial charge in [-0.25, -0.2) is 0 Å². The Morgan fingerprint density at radius 3 is 2.78 bits per heavy atom. The lowest BCUT2D eigenvalue weighted by Crippen LogP contribution is -2.41. The van der Waals surface area contributed by atoms with Crippen molar-refractivity contribution in [2.45, 2.75) is 37.8 Å². The van der Waals surface area contributed by atoms with Crippen LogP contribution >= 0.6 is 0 Å². The van der Waals surface area contributed by atoms with E-state index in [1.165, 1.54) is 19.3 Å². The van der Waals surface area contributed by atoms with E-state index in [0.717, 1.165) is 12.0 Å². The quantitative estimate of drug-likeness (QED) is 0.824. The zero-order chi connectivity index (χ0) is 12.6. The van der Waals surface area contributed by atoms with Gasteiger partial charge in [-0.1, -0.05) is 42.9 Å². The van der Waals surface area contributed by atoms with Gasteiger partial charge in [0.15, 0.2) is 0 Å². The third-order valence-corrected chi connectivity index (χ3v) is 3.45. The lowest BCUT2D eigenvalue weighted by molar-refractivity contribution is 0.0258. The van der Waals surface area contributed by atoms with Gasteiger partial charge >= 0.3 is 0 Å². The maximum Gasteiger partial charge on any atom is 0.108 e. The number of hydrogen-bond acceptors (Lipinski definition) is 2. The van der Waals surface area contributed by atoms with E-state index < -0.39 is 0 Å². The molecule has 2 atom stereocenters. The van der Waals surface area contributed by atoms with Crippen LogP contribution in [0.4, 0.5) is 0 Å². The molecule has 1 N–H and O–H groups in total. The van der Waals surface area contributed by atoms with Gasteiger partial charge in [0.2, 0.25) is 0 Å². The van der Waals surface area contributed by atoms with Crippen LogP contribution in [0.15, 0.2) is 30.3 Å². The van der Waals surface area contributed by atoms with Gasteiger partial charge in [0.05, 0.1) is 6.10 Å². The van der Waals surface area contributed by atoms with Crippen LogP contribution in [0.25, 0.3) is 0 Å². The number of hydrogen-bond donors (Lipinski definition) is 1. The molecular weight excluding hydrogens is 222 g/mol. The first kappa shape index (κ1) is 13.1. The van der Waals surface area contributed by atoms with Crippen molar-refractivity contribution in [1.29, 1.82) is 0 Å². The molecule has 0 aromatic heterocycles. The fourth-order valence-corrected chi connectivity index (χ4v) is 2.43.